The van der Waals surface area contributed by atoms with Crippen molar-refractivity contribution >= 4 is 23.1 Å². The summed E-state index contributed by atoms with van der Waals surface area (Å²) in [7, 11) is 9.87. The number of hydrogen-bond acceptors (Lipinski definition) is 0. The van der Waals surface area contributed by atoms with Gasteiger partial charge in [0.25, 0.3) is 0 Å². The average molecular weight is 509 g/mol. The molecule has 3 heteroatoms. The van der Waals surface area contributed by atoms with Gasteiger partial charge in [-0.05, 0) is 56.5 Å². The van der Waals surface area contributed by atoms with Gasteiger partial charge in [-0.15, -0.1) is 0 Å². The molecule has 29 heavy (non-hydrogen) atoms. The van der Waals surface area contributed by atoms with Gasteiger partial charge < -0.3 is 0 Å². The van der Waals surface area contributed by atoms with Gasteiger partial charge in [0, 0.05) is 0 Å². The fourth-order valence-electron chi connectivity index (χ4n) is 3.67. The van der Waals surface area contributed by atoms with Crippen LogP contribution in [-0.4, -0.2) is 0 Å². The third-order valence-electron chi connectivity index (χ3n) is 5.64. The molecule has 0 radical (unpaired) electrons. The minimum atomic E-state index is -0.826. The van der Waals surface area contributed by atoms with Gasteiger partial charge in [0.2, 0.25) is 0 Å². The summed E-state index contributed by atoms with van der Waals surface area (Å²) in [6.07, 6.45) is 3.54. The van der Waals surface area contributed by atoms with Crippen molar-refractivity contribution in [2.45, 2.75) is 72.6 Å². The van der Waals surface area contributed by atoms with E-state index in [-0.39, 0.29) is 10.8 Å². The minimum absolute atomic E-state index is 0.146. The van der Waals surface area contributed by atoms with E-state index in [0.717, 1.165) is 6.42 Å². The monoisotopic (exact) mass is 506 g/mol. The molecule has 0 atom stereocenters. The van der Waals surface area contributed by atoms with Gasteiger partial charge in [0.1, 0.15) is 0 Å². The standard InChI is InChI=1S/C26H34.2ClH.Zr/c1-17(2)19-12-18-10-9-11-23(24(18)15-19)20-13-21(25(3,4)5)16-22(14-20)26(6,7)8;;;/h9-11,13-17H,12H2,1-8H3;2*1H;/q;;;+2/p-2. The summed E-state index contributed by atoms with van der Waals surface area (Å²) in [5.41, 5.74) is 10.3. The molecular weight excluding hydrogens is 474 g/mol. The summed E-state index contributed by atoms with van der Waals surface area (Å²) >= 11 is -0.826. The van der Waals surface area contributed by atoms with Crippen LogP contribution in [0.4, 0.5) is 0 Å². The summed E-state index contributed by atoms with van der Waals surface area (Å²) in [6.45, 7) is 18.5. The summed E-state index contributed by atoms with van der Waals surface area (Å²) in [4.78, 5) is 0. The fourth-order valence-corrected chi connectivity index (χ4v) is 3.67. The summed E-state index contributed by atoms with van der Waals surface area (Å²) in [5, 5.41) is 0. The van der Waals surface area contributed by atoms with Gasteiger partial charge in [-0.3, -0.25) is 0 Å². The molecule has 3 rings (SSSR count). The molecule has 156 valence electrons. The van der Waals surface area contributed by atoms with Crippen molar-refractivity contribution in [3.8, 4) is 11.1 Å². The Morgan fingerprint density at radius 1 is 0.862 bits per heavy atom. The van der Waals surface area contributed by atoms with Crippen LogP contribution in [-0.2, 0) is 38.1 Å². The molecule has 0 saturated heterocycles. The summed E-state index contributed by atoms with van der Waals surface area (Å²) in [5.74, 6) is 0.612. The molecule has 0 nitrogen and oxygen atoms in total. The maximum atomic E-state index is 4.93. The van der Waals surface area contributed by atoms with Crippen LogP contribution >= 0.6 is 17.0 Å². The Morgan fingerprint density at radius 2 is 1.38 bits per heavy atom. The van der Waals surface area contributed by atoms with Gasteiger partial charge in [-0.25, -0.2) is 0 Å². The number of fused-ring (bicyclic) bond motifs is 1. The van der Waals surface area contributed by atoms with Gasteiger partial charge in [-0.1, -0.05) is 103 Å². The molecule has 0 heterocycles. The van der Waals surface area contributed by atoms with Crippen LogP contribution in [0.3, 0.4) is 0 Å². The molecule has 2 aromatic carbocycles. The average Bonchev–Trinajstić information content (AvgIpc) is 3.05. The molecule has 1 aliphatic carbocycles. The quantitative estimate of drug-likeness (QED) is 0.380. The predicted molar refractivity (Wildman–Crippen MR) is 128 cm³/mol. The first kappa shape index (κ1) is 24.9. The van der Waals surface area contributed by atoms with Crippen LogP contribution in [0.15, 0.2) is 42.0 Å². The van der Waals surface area contributed by atoms with E-state index in [0.29, 0.717) is 5.92 Å². The van der Waals surface area contributed by atoms with Crippen molar-refractivity contribution in [1.82, 2.24) is 0 Å². The molecule has 0 fully saturated rings. The Hall–Kier alpha value is -0.357. The predicted octanol–water partition coefficient (Wildman–Crippen LogP) is 8.92. The molecular formula is C26H34Cl2Zr. The van der Waals surface area contributed by atoms with Crippen molar-refractivity contribution in [1.29, 1.82) is 0 Å². The number of hydrogen-bond donors (Lipinski definition) is 0. The topological polar surface area (TPSA) is 0 Å². The Balaban J connectivity index is 0.000000941. The van der Waals surface area contributed by atoms with E-state index in [4.69, 9.17) is 17.0 Å². The summed E-state index contributed by atoms with van der Waals surface area (Å²) < 4.78 is 0. The number of rotatable bonds is 2. The molecule has 0 unspecified atom stereocenters. The van der Waals surface area contributed by atoms with Crippen molar-refractivity contribution < 1.29 is 20.8 Å². The van der Waals surface area contributed by atoms with Crippen molar-refractivity contribution in [2.75, 3.05) is 0 Å². The first-order valence-electron chi connectivity index (χ1n) is 10.3. The van der Waals surface area contributed by atoms with Crippen LogP contribution in [0.2, 0.25) is 0 Å². The Bertz CT molecular complexity index is 848. The van der Waals surface area contributed by atoms with Gasteiger partial charge in [-0.2, -0.15) is 0 Å². The van der Waals surface area contributed by atoms with Crippen LogP contribution in [0.25, 0.3) is 17.2 Å². The van der Waals surface area contributed by atoms with E-state index in [1.807, 2.05) is 0 Å². The zero-order valence-electron chi connectivity index (χ0n) is 19.1. The molecule has 0 bridgehead atoms. The Kier molecular flexibility index (Phi) is 8.46. The van der Waals surface area contributed by atoms with Crippen LogP contribution < -0.4 is 0 Å². The Morgan fingerprint density at radius 3 is 1.83 bits per heavy atom. The molecule has 0 aliphatic heterocycles. The number of halogens is 2. The second-order valence-corrected chi connectivity index (χ2v) is 14.0. The first-order chi connectivity index (χ1) is 13.4. The van der Waals surface area contributed by atoms with E-state index in [1.54, 1.807) is 5.57 Å². The third-order valence-corrected chi connectivity index (χ3v) is 5.64. The first-order valence-corrected chi connectivity index (χ1v) is 16.7. The zero-order valence-corrected chi connectivity index (χ0v) is 23.1. The molecule has 0 saturated carbocycles. The van der Waals surface area contributed by atoms with Crippen LogP contribution in [0.5, 0.6) is 0 Å². The Labute approximate surface area is 196 Å². The van der Waals surface area contributed by atoms with Crippen molar-refractivity contribution in [2.24, 2.45) is 5.92 Å². The number of benzene rings is 2. The molecule has 0 amide bonds. The third kappa shape index (κ3) is 6.32. The molecule has 0 spiro atoms. The van der Waals surface area contributed by atoms with E-state index in [9.17, 15) is 0 Å². The fraction of sp³-hybridized carbons (Fsp3) is 0.462. The van der Waals surface area contributed by atoms with Crippen LogP contribution in [0.1, 0.15) is 77.6 Å². The molecule has 1 aliphatic rings. The normalized spacial score (nSPS) is 13.6. The van der Waals surface area contributed by atoms with E-state index in [2.05, 4.69) is 97.9 Å². The van der Waals surface area contributed by atoms with Crippen molar-refractivity contribution in [3.05, 3.63) is 64.2 Å². The van der Waals surface area contributed by atoms with E-state index in [1.165, 1.54) is 33.4 Å². The molecule has 0 aromatic heterocycles. The van der Waals surface area contributed by atoms with E-state index < -0.39 is 20.8 Å². The van der Waals surface area contributed by atoms with E-state index >= 15 is 0 Å². The molecule has 0 N–H and O–H groups in total. The SMILES string of the molecule is CC(C)C1=Cc2c(cccc2-c2cc(C(C)(C)C)cc(C(C)(C)C)c2)C1.[Cl][Zr][Cl]. The molecule has 2 aromatic rings. The second kappa shape index (κ2) is 9.85. The van der Waals surface area contributed by atoms with Crippen LogP contribution in [0, 0.1) is 5.92 Å². The second-order valence-electron chi connectivity index (χ2n) is 10.3. The van der Waals surface area contributed by atoms with Crippen molar-refractivity contribution in [3.63, 3.8) is 0 Å². The van der Waals surface area contributed by atoms with Gasteiger partial charge in [0.15, 0.2) is 0 Å². The van der Waals surface area contributed by atoms with Gasteiger partial charge >= 0.3 is 37.9 Å². The zero-order chi connectivity index (χ0) is 22.0. The van der Waals surface area contributed by atoms with Gasteiger partial charge in [0.05, 0.1) is 0 Å². The maximum absolute atomic E-state index is 4.93. The number of allylic oxidation sites excluding steroid dienone is 1. The summed E-state index contributed by atoms with van der Waals surface area (Å²) in [6, 6.07) is 14.0.